The van der Waals surface area contributed by atoms with Gasteiger partial charge < -0.3 is 9.64 Å². The zero-order chi connectivity index (χ0) is 18.6. The second-order valence-corrected chi connectivity index (χ2v) is 8.62. The number of carbonyl (C=O) groups is 2. The van der Waals surface area contributed by atoms with Crippen LogP contribution in [-0.2, 0) is 19.4 Å². The van der Waals surface area contributed by atoms with E-state index in [9.17, 15) is 18.0 Å². The summed E-state index contributed by atoms with van der Waals surface area (Å²) in [6, 6.07) is 2.47. The minimum absolute atomic E-state index is 0.000572. The zero-order valence-corrected chi connectivity index (χ0v) is 15.7. The molecule has 1 amide bonds. The molecule has 9 heteroatoms. The van der Waals surface area contributed by atoms with Crippen LogP contribution in [0, 0.1) is 0 Å². The largest absolute Gasteiger partial charge is 0.452 e. The SMILES string of the molecule is CC[C@@H](C)N(C(=O)COC(=O)c1cccnc1Cl)[C@@H]1CCS(=O)(=O)C1. The van der Waals surface area contributed by atoms with E-state index in [1.165, 1.54) is 17.2 Å². The average molecular weight is 389 g/mol. The first-order valence-corrected chi connectivity index (χ1v) is 10.2. The normalized spacial score (nSPS) is 20.0. The first-order chi connectivity index (χ1) is 11.7. The van der Waals surface area contributed by atoms with Gasteiger partial charge >= 0.3 is 5.97 Å². The molecule has 1 aliphatic heterocycles. The summed E-state index contributed by atoms with van der Waals surface area (Å²) in [6.07, 6.45) is 2.51. The van der Waals surface area contributed by atoms with E-state index < -0.39 is 28.3 Å². The minimum atomic E-state index is -3.12. The van der Waals surface area contributed by atoms with Crippen molar-refractivity contribution in [3.63, 3.8) is 0 Å². The Morgan fingerprint density at radius 2 is 2.20 bits per heavy atom. The molecule has 0 spiro atoms. The molecule has 1 saturated heterocycles. The molecule has 0 bridgehead atoms. The lowest BCUT2D eigenvalue weighted by Gasteiger charge is -2.33. The lowest BCUT2D eigenvalue weighted by molar-refractivity contribution is -0.138. The van der Waals surface area contributed by atoms with E-state index >= 15 is 0 Å². The predicted molar refractivity (Wildman–Crippen MR) is 93.2 cm³/mol. The number of rotatable bonds is 6. The molecule has 138 valence electrons. The van der Waals surface area contributed by atoms with Crippen LogP contribution >= 0.6 is 11.6 Å². The highest BCUT2D eigenvalue weighted by atomic mass is 35.5. The highest BCUT2D eigenvalue weighted by Crippen LogP contribution is 2.22. The Labute approximate surface area is 152 Å². The van der Waals surface area contributed by atoms with Crippen molar-refractivity contribution in [2.75, 3.05) is 18.1 Å². The predicted octanol–water partition coefficient (Wildman–Crippen LogP) is 1.71. The van der Waals surface area contributed by atoms with E-state index in [-0.39, 0.29) is 34.3 Å². The van der Waals surface area contributed by atoms with Crippen molar-refractivity contribution in [3.8, 4) is 0 Å². The number of ether oxygens (including phenoxy) is 1. The van der Waals surface area contributed by atoms with E-state index in [1.807, 2.05) is 13.8 Å². The summed E-state index contributed by atoms with van der Waals surface area (Å²) >= 11 is 5.83. The number of nitrogens with zero attached hydrogens (tertiary/aromatic N) is 2. The molecule has 0 saturated carbocycles. The number of esters is 1. The van der Waals surface area contributed by atoms with Gasteiger partial charge in [-0.3, -0.25) is 4.79 Å². The third-order valence-electron chi connectivity index (χ3n) is 4.26. The molecule has 1 aromatic rings. The van der Waals surface area contributed by atoms with Crippen LogP contribution in [-0.4, -0.2) is 60.4 Å². The fraction of sp³-hybridized carbons (Fsp3) is 0.562. The highest BCUT2D eigenvalue weighted by molar-refractivity contribution is 7.91. The van der Waals surface area contributed by atoms with Crippen molar-refractivity contribution >= 4 is 33.3 Å². The van der Waals surface area contributed by atoms with Gasteiger partial charge in [0.15, 0.2) is 16.4 Å². The van der Waals surface area contributed by atoms with Crippen molar-refractivity contribution in [3.05, 3.63) is 29.0 Å². The van der Waals surface area contributed by atoms with Crippen molar-refractivity contribution < 1.29 is 22.7 Å². The summed E-state index contributed by atoms with van der Waals surface area (Å²) in [7, 11) is -3.12. The van der Waals surface area contributed by atoms with Crippen LogP contribution in [0.25, 0.3) is 0 Å². The topological polar surface area (TPSA) is 93.6 Å². The fourth-order valence-corrected chi connectivity index (χ4v) is 4.73. The molecule has 0 unspecified atom stereocenters. The van der Waals surface area contributed by atoms with Gasteiger partial charge in [-0.2, -0.15) is 0 Å². The van der Waals surface area contributed by atoms with Crippen LogP contribution < -0.4 is 0 Å². The molecule has 1 fully saturated rings. The molecule has 2 heterocycles. The summed E-state index contributed by atoms with van der Waals surface area (Å²) in [6.45, 7) is 3.30. The third-order valence-corrected chi connectivity index (χ3v) is 6.31. The van der Waals surface area contributed by atoms with Crippen LogP contribution in [0.1, 0.15) is 37.0 Å². The molecule has 0 aromatic carbocycles. The number of pyridine rings is 1. The summed E-state index contributed by atoms with van der Waals surface area (Å²) in [4.78, 5) is 29.9. The standard InChI is InChI=1S/C16H21ClN2O5S/c1-3-11(2)19(12-6-8-25(22,23)10-12)14(20)9-24-16(21)13-5-4-7-18-15(13)17/h4-5,7,11-12H,3,6,8-10H2,1-2H3/t11-,12-/m1/s1. The number of hydrogen-bond acceptors (Lipinski definition) is 6. The summed E-state index contributed by atoms with van der Waals surface area (Å²) in [5.74, 6) is -1.13. The molecular weight excluding hydrogens is 368 g/mol. The van der Waals surface area contributed by atoms with Gasteiger partial charge in [0.25, 0.3) is 5.91 Å². The number of sulfone groups is 1. The Morgan fingerprint density at radius 3 is 2.76 bits per heavy atom. The van der Waals surface area contributed by atoms with E-state index in [4.69, 9.17) is 16.3 Å². The second kappa shape index (κ2) is 8.14. The van der Waals surface area contributed by atoms with Crippen molar-refractivity contribution in [1.29, 1.82) is 0 Å². The maximum atomic E-state index is 12.6. The molecule has 2 atom stereocenters. The quantitative estimate of drug-likeness (QED) is 0.544. The van der Waals surface area contributed by atoms with Gasteiger partial charge in [-0.15, -0.1) is 0 Å². The minimum Gasteiger partial charge on any atom is -0.452 e. The maximum Gasteiger partial charge on any atom is 0.341 e. The smallest absolute Gasteiger partial charge is 0.341 e. The lowest BCUT2D eigenvalue weighted by atomic mass is 10.1. The van der Waals surface area contributed by atoms with Gasteiger partial charge in [-0.05, 0) is 31.9 Å². The van der Waals surface area contributed by atoms with Crippen molar-refractivity contribution in [2.45, 2.75) is 38.8 Å². The van der Waals surface area contributed by atoms with E-state index in [1.54, 1.807) is 6.07 Å². The van der Waals surface area contributed by atoms with E-state index in [2.05, 4.69) is 4.98 Å². The van der Waals surface area contributed by atoms with Gasteiger partial charge in [0.05, 0.1) is 17.1 Å². The molecule has 7 nitrogen and oxygen atoms in total. The van der Waals surface area contributed by atoms with Crippen molar-refractivity contribution in [2.24, 2.45) is 0 Å². The Hall–Kier alpha value is -1.67. The van der Waals surface area contributed by atoms with Crippen LogP contribution in [0.15, 0.2) is 18.3 Å². The summed E-state index contributed by atoms with van der Waals surface area (Å²) < 4.78 is 28.5. The van der Waals surface area contributed by atoms with E-state index in [0.717, 1.165) is 0 Å². The number of carbonyl (C=O) groups excluding carboxylic acids is 2. The first-order valence-electron chi connectivity index (χ1n) is 8.04. The number of hydrogen-bond donors (Lipinski definition) is 0. The van der Waals surface area contributed by atoms with Gasteiger partial charge in [0.1, 0.15) is 5.15 Å². The van der Waals surface area contributed by atoms with Crippen LogP contribution in [0.3, 0.4) is 0 Å². The number of aromatic nitrogens is 1. The molecule has 1 aliphatic rings. The Bertz CT molecular complexity index is 753. The van der Waals surface area contributed by atoms with Gasteiger partial charge in [0.2, 0.25) is 0 Å². The van der Waals surface area contributed by atoms with Gasteiger partial charge in [-0.25, -0.2) is 18.2 Å². The molecule has 2 rings (SSSR count). The summed E-state index contributed by atoms with van der Waals surface area (Å²) in [5.41, 5.74) is 0.0792. The second-order valence-electron chi connectivity index (χ2n) is 6.03. The van der Waals surface area contributed by atoms with Crippen LogP contribution in [0.2, 0.25) is 5.15 Å². The number of halogens is 1. The Morgan fingerprint density at radius 1 is 1.48 bits per heavy atom. The fourth-order valence-electron chi connectivity index (χ4n) is 2.82. The molecule has 0 radical (unpaired) electrons. The maximum absolute atomic E-state index is 12.6. The van der Waals surface area contributed by atoms with Crippen LogP contribution in [0.4, 0.5) is 0 Å². The Kier molecular flexibility index (Phi) is 6.40. The molecule has 0 N–H and O–H groups in total. The first kappa shape index (κ1) is 19.7. The molecular formula is C16H21ClN2O5S. The summed E-state index contributed by atoms with van der Waals surface area (Å²) in [5, 5.41) is 0.000572. The van der Waals surface area contributed by atoms with E-state index in [0.29, 0.717) is 12.8 Å². The van der Waals surface area contributed by atoms with Gasteiger partial charge in [-0.1, -0.05) is 18.5 Å². The van der Waals surface area contributed by atoms with Crippen molar-refractivity contribution in [1.82, 2.24) is 9.88 Å². The molecule has 1 aromatic heterocycles. The third kappa shape index (κ3) is 4.92. The highest BCUT2D eigenvalue weighted by Gasteiger charge is 2.36. The average Bonchev–Trinajstić information content (AvgIpc) is 2.92. The number of amides is 1. The molecule has 0 aliphatic carbocycles. The Balaban J connectivity index is 2.05. The lowest BCUT2D eigenvalue weighted by Crippen LogP contribution is -2.48. The monoisotopic (exact) mass is 388 g/mol. The van der Waals surface area contributed by atoms with Gasteiger partial charge in [0, 0.05) is 18.3 Å². The zero-order valence-electron chi connectivity index (χ0n) is 14.1. The van der Waals surface area contributed by atoms with Crippen LogP contribution in [0.5, 0.6) is 0 Å². The molecule has 25 heavy (non-hydrogen) atoms.